The Morgan fingerprint density at radius 1 is 1.16 bits per heavy atom. The van der Waals surface area contributed by atoms with Crippen LogP contribution < -0.4 is 4.74 Å². The summed E-state index contributed by atoms with van der Waals surface area (Å²) in [6.45, 7) is 1.69. The van der Waals surface area contributed by atoms with Crippen LogP contribution in [0.15, 0.2) is 60.9 Å². The van der Waals surface area contributed by atoms with E-state index in [1.165, 1.54) is 0 Å². The summed E-state index contributed by atoms with van der Waals surface area (Å²) in [5.41, 5.74) is 2.64. The van der Waals surface area contributed by atoms with E-state index < -0.39 is 6.10 Å². The Bertz CT molecular complexity index is 1440. The average Bonchev–Trinajstić information content (AvgIpc) is 3.37. The van der Waals surface area contributed by atoms with E-state index in [-0.39, 0.29) is 10.8 Å². The number of pyridine rings is 1. The van der Waals surface area contributed by atoms with E-state index in [0.29, 0.717) is 56.9 Å². The van der Waals surface area contributed by atoms with E-state index in [1.807, 2.05) is 30.3 Å². The van der Waals surface area contributed by atoms with Crippen molar-refractivity contribution in [2.24, 2.45) is 0 Å². The van der Waals surface area contributed by atoms with Crippen molar-refractivity contribution in [1.29, 1.82) is 0 Å². The molecule has 3 aromatic heterocycles. The van der Waals surface area contributed by atoms with Gasteiger partial charge in [0.25, 0.3) is 0 Å². The largest absolute Gasteiger partial charge is 0.457 e. The molecule has 0 aliphatic carbocycles. The predicted octanol–water partition coefficient (Wildman–Crippen LogP) is 5.04. The topological polar surface area (TPSA) is 104 Å². The average molecular weight is 447 g/mol. The lowest BCUT2D eigenvalue weighted by Crippen LogP contribution is -2.05. The molecule has 7 nitrogen and oxygen atoms in total. The summed E-state index contributed by atoms with van der Waals surface area (Å²) >= 11 is 6.46. The Labute approximate surface area is 188 Å². The number of para-hydroxylation sites is 1. The summed E-state index contributed by atoms with van der Waals surface area (Å²) in [4.78, 5) is 28.6. The van der Waals surface area contributed by atoms with Crippen LogP contribution in [0, 0.1) is 0 Å². The van der Waals surface area contributed by atoms with Gasteiger partial charge < -0.3 is 19.8 Å². The van der Waals surface area contributed by atoms with Gasteiger partial charge in [-0.2, -0.15) is 0 Å². The molecule has 0 aliphatic rings. The summed E-state index contributed by atoms with van der Waals surface area (Å²) in [5, 5.41) is 10.6. The van der Waals surface area contributed by atoms with Crippen molar-refractivity contribution < 1.29 is 14.6 Å². The molecular formula is C24H19ClN4O3. The molecule has 8 heteroatoms. The third-order valence-corrected chi connectivity index (χ3v) is 5.41. The van der Waals surface area contributed by atoms with Crippen LogP contribution in [0.2, 0.25) is 5.02 Å². The number of aromatic amines is 2. The van der Waals surface area contributed by atoms with Crippen LogP contribution in [0.25, 0.3) is 22.1 Å². The number of imidazole rings is 1. The third-order valence-electron chi connectivity index (χ3n) is 5.10. The zero-order valence-corrected chi connectivity index (χ0v) is 17.8. The number of hydrogen-bond donors (Lipinski definition) is 3. The highest BCUT2D eigenvalue weighted by Gasteiger charge is 2.21. The van der Waals surface area contributed by atoms with Gasteiger partial charge in [0.15, 0.2) is 5.78 Å². The number of nitrogens with zero attached hydrogens (tertiary/aromatic N) is 2. The van der Waals surface area contributed by atoms with Crippen LogP contribution in [0.5, 0.6) is 11.5 Å². The molecule has 3 heterocycles. The minimum absolute atomic E-state index is 0.248. The van der Waals surface area contributed by atoms with Crippen molar-refractivity contribution in [3.8, 4) is 11.5 Å². The lowest BCUT2D eigenvalue weighted by atomic mass is 10.0. The summed E-state index contributed by atoms with van der Waals surface area (Å²) in [5.74, 6) is 1.60. The fourth-order valence-electron chi connectivity index (χ4n) is 3.67. The molecule has 0 fully saturated rings. The number of ketones is 1. The van der Waals surface area contributed by atoms with Crippen molar-refractivity contribution in [3.05, 3.63) is 82.9 Å². The van der Waals surface area contributed by atoms with E-state index in [9.17, 15) is 9.90 Å². The number of aliphatic hydroxyl groups excluding tert-OH is 1. The second-order valence-electron chi connectivity index (χ2n) is 7.57. The van der Waals surface area contributed by atoms with Crippen molar-refractivity contribution in [1.82, 2.24) is 19.9 Å². The number of aromatic nitrogens is 4. The maximum absolute atomic E-state index is 13.4. The second kappa shape index (κ2) is 8.11. The van der Waals surface area contributed by atoms with Crippen LogP contribution in [0.1, 0.15) is 28.7 Å². The van der Waals surface area contributed by atoms with Gasteiger partial charge >= 0.3 is 0 Å². The van der Waals surface area contributed by atoms with Crippen molar-refractivity contribution in [3.63, 3.8) is 0 Å². The van der Waals surface area contributed by atoms with Gasteiger partial charge in [-0.1, -0.05) is 29.8 Å². The number of halogens is 1. The highest BCUT2D eigenvalue weighted by Crippen LogP contribution is 2.31. The third kappa shape index (κ3) is 3.72. The first-order chi connectivity index (χ1) is 15.5. The smallest absolute Gasteiger partial charge is 0.196 e. The molecule has 0 saturated carbocycles. The minimum atomic E-state index is -0.540. The molecule has 0 aliphatic heterocycles. The molecule has 1 unspecified atom stereocenters. The molecule has 5 aromatic rings. The maximum Gasteiger partial charge on any atom is 0.196 e. The maximum atomic E-state index is 13.4. The number of aliphatic hydroxyl groups is 1. The fourth-order valence-corrected chi connectivity index (χ4v) is 3.93. The van der Waals surface area contributed by atoms with Gasteiger partial charge in [-0.15, -0.1) is 0 Å². The van der Waals surface area contributed by atoms with Crippen molar-refractivity contribution >= 4 is 39.5 Å². The number of carbonyl (C=O) groups is 1. The first-order valence-corrected chi connectivity index (χ1v) is 10.5. The number of nitrogens with one attached hydrogen (secondary N) is 2. The molecule has 0 amide bonds. The van der Waals surface area contributed by atoms with Gasteiger partial charge in [0, 0.05) is 24.2 Å². The number of H-pyrrole nitrogens is 2. The van der Waals surface area contributed by atoms with Crippen molar-refractivity contribution in [2.45, 2.75) is 19.4 Å². The summed E-state index contributed by atoms with van der Waals surface area (Å²) in [6.07, 6.45) is 3.11. The van der Waals surface area contributed by atoms with Gasteiger partial charge in [0.1, 0.15) is 28.5 Å². The van der Waals surface area contributed by atoms with Gasteiger partial charge in [-0.25, -0.2) is 9.97 Å². The Balaban J connectivity index is 1.52. The Hall–Kier alpha value is -3.68. The molecular weight excluding hydrogens is 428 g/mol. The summed E-state index contributed by atoms with van der Waals surface area (Å²) < 4.78 is 5.80. The van der Waals surface area contributed by atoms with E-state index >= 15 is 0 Å². The zero-order valence-electron chi connectivity index (χ0n) is 17.1. The van der Waals surface area contributed by atoms with Gasteiger partial charge in [0.05, 0.1) is 33.8 Å². The Morgan fingerprint density at radius 3 is 2.72 bits per heavy atom. The molecule has 2 aromatic carbocycles. The first kappa shape index (κ1) is 20.2. The molecule has 0 radical (unpaired) electrons. The molecule has 1 atom stereocenters. The number of fused-ring (bicyclic) bond motifs is 3. The quantitative estimate of drug-likeness (QED) is 0.317. The number of benzene rings is 2. The number of ether oxygens (including phenoxy) is 1. The second-order valence-corrected chi connectivity index (χ2v) is 7.98. The lowest BCUT2D eigenvalue weighted by Gasteiger charge is -2.08. The molecule has 0 bridgehead atoms. The molecule has 32 heavy (non-hydrogen) atoms. The molecule has 3 N–H and O–H groups in total. The first-order valence-electron chi connectivity index (χ1n) is 10.1. The summed E-state index contributed by atoms with van der Waals surface area (Å²) in [7, 11) is 0. The van der Waals surface area contributed by atoms with Crippen molar-refractivity contribution in [2.75, 3.05) is 0 Å². The van der Waals surface area contributed by atoms with E-state index in [4.69, 9.17) is 16.3 Å². The Kier molecular flexibility index (Phi) is 5.13. The molecule has 0 spiro atoms. The normalized spacial score (nSPS) is 12.3. The monoisotopic (exact) mass is 446 g/mol. The molecule has 0 saturated heterocycles. The van der Waals surface area contributed by atoms with Crippen LogP contribution in [-0.2, 0) is 6.42 Å². The Morgan fingerprint density at radius 2 is 1.97 bits per heavy atom. The molecule has 5 rings (SSSR count). The van der Waals surface area contributed by atoms with Gasteiger partial charge in [-0.05, 0) is 31.2 Å². The zero-order chi connectivity index (χ0) is 22.2. The van der Waals surface area contributed by atoms with Gasteiger partial charge in [-0.3, -0.25) is 4.79 Å². The van der Waals surface area contributed by atoms with E-state index in [0.717, 1.165) is 0 Å². The van der Waals surface area contributed by atoms with Crippen LogP contribution in [-0.4, -0.2) is 36.9 Å². The predicted molar refractivity (Wildman–Crippen MR) is 123 cm³/mol. The van der Waals surface area contributed by atoms with Crippen LogP contribution >= 0.6 is 11.6 Å². The van der Waals surface area contributed by atoms with Gasteiger partial charge in [0.2, 0.25) is 0 Å². The highest BCUT2D eigenvalue weighted by atomic mass is 35.5. The van der Waals surface area contributed by atoms with E-state index in [1.54, 1.807) is 37.5 Å². The summed E-state index contributed by atoms with van der Waals surface area (Å²) in [6, 6.07) is 14.3. The SMILES string of the molecule is CC(O)Cc1nc2c(cnc3[nH]cc(C(=O)c4ccc(Oc5ccccc5)cc4Cl)c32)[nH]1. The minimum Gasteiger partial charge on any atom is -0.457 e. The van der Waals surface area contributed by atoms with E-state index in [2.05, 4.69) is 19.9 Å². The number of rotatable bonds is 6. The highest BCUT2D eigenvalue weighted by molar-refractivity contribution is 6.36. The lowest BCUT2D eigenvalue weighted by molar-refractivity contribution is 0.104. The number of hydrogen-bond acceptors (Lipinski definition) is 5. The molecule has 160 valence electrons. The fraction of sp³-hybridized carbons (Fsp3) is 0.125. The number of carbonyl (C=O) groups excluding carboxylic acids is 1. The van der Waals surface area contributed by atoms with Crippen LogP contribution in [0.4, 0.5) is 0 Å². The standard InChI is InChI=1S/C24H19ClN4O3/c1-13(30)9-20-28-19-12-27-24-21(22(19)29-20)17(11-26-24)23(31)16-8-7-15(10-18(16)25)32-14-5-3-2-4-6-14/h2-8,10-13,30H,9H2,1H3,(H,26,27)(H,28,29). The van der Waals surface area contributed by atoms with Crippen LogP contribution in [0.3, 0.4) is 0 Å².